The molecule has 1 heterocycles. The Morgan fingerprint density at radius 2 is 1.81 bits per heavy atom. The van der Waals surface area contributed by atoms with E-state index in [1.165, 1.54) is 6.07 Å². The van der Waals surface area contributed by atoms with Crippen molar-refractivity contribution in [1.82, 2.24) is 5.16 Å². The molecule has 0 radical (unpaired) electrons. The smallest absolute Gasteiger partial charge is 0.412 e. The Kier molecular flexibility index (Phi) is 7.29. The number of carbonyl (C=O) groups is 2. The highest BCUT2D eigenvalue weighted by atomic mass is 19.1. The lowest BCUT2D eigenvalue weighted by molar-refractivity contribution is -0.136. The van der Waals surface area contributed by atoms with Gasteiger partial charge in [0.05, 0.1) is 6.42 Å². The van der Waals surface area contributed by atoms with Gasteiger partial charge >= 0.3 is 12.1 Å². The zero-order valence-electron chi connectivity index (χ0n) is 19.5. The van der Waals surface area contributed by atoms with E-state index < -0.39 is 24.0 Å². The maximum absolute atomic E-state index is 14.0. The van der Waals surface area contributed by atoms with Crippen LogP contribution in [0.5, 0.6) is 11.5 Å². The summed E-state index contributed by atoms with van der Waals surface area (Å²) in [6.07, 6.45) is -1.68. The number of aromatic nitrogens is 1. The molecule has 4 rings (SSSR count). The number of halogens is 1. The molecule has 3 aromatic carbocycles. The second-order valence-electron chi connectivity index (χ2n) is 8.01. The van der Waals surface area contributed by atoms with Crippen molar-refractivity contribution in [1.29, 1.82) is 0 Å². The monoisotopic (exact) mass is 490 g/mol. The molecule has 8 nitrogen and oxygen atoms in total. The van der Waals surface area contributed by atoms with E-state index in [0.717, 1.165) is 0 Å². The van der Waals surface area contributed by atoms with Crippen molar-refractivity contribution in [2.75, 3.05) is 5.32 Å². The molecule has 1 atom stereocenters. The number of aliphatic carboxylic acids is 1. The van der Waals surface area contributed by atoms with Crippen LogP contribution in [0.4, 0.5) is 14.9 Å². The van der Waals surface area contributed by atoms with E-state index >= 15 is 0 Å². The number of anilines is 1. The summed E-state index contributed by atoms with van der Waals surface area (Å²) in [6, 6.07) is 19.8. The third-order valence-electron chi connectivity index (χ3n) is 5.32. The summed E-state index contributed by atoms with van der Waals surface area (Å²) >= 11 is 0. The van der Waals surface area contributed by atoms with E-state index in [9.17, 15) is 14.0 Å². The number of aryl methyl sites for hydroxylation is 1. The van der Waals surface area contributed by atoms with Gasteiger partial charge < -0.3 is 19.1 Å². The third kappa shape index (κ3) is 5.87. The van der Waals surface area contributed by atoms with Crippen molar-refractivity contribution in [3.05, 3.63) is 95.4 Å². The maximum atomic E-state index is 14.0. The summed E-state index contributed by atoms with van der Waals surface area (Å²) in [4.78, 5) is 23.4. The first-order valence-corrected chi connectivity index (χ1v) is 11.1. The van der Waals surface area contributed by atoms with Crippen molar-refractivity contribution in [2.24, 2.45) is 0 Å². The molecule has 4 aromatic rings. The summed E-state index contributed by atoms with van der Waals surface area (Å²) < 4.78 is 30.6. The van der Waals surface area contributed by atoms with Gasteiger partial charge in [-0.05, 0) is 61.9 Å². The molecule has 1 amide bonds. The highest BCUT2D eigenvalue weighted by molar-refractivity contribution is 5.90. The van der Waals surface area contributed by atoms with Gasteiger partial charge in [-0.15, -0.1) is 0 Å². The minimum absolute atomic E-state index is 0.0989. The van der Waals surface area contributed by atoms with Crippen LogP contribution in [0, 0.1) is 12.7 Å². The van der Waals surface area contributed by atoms with Gasteiger partial charge in [-0.3, -0.25) is 10.1 Å². The van der Waals surface area contributed by atoms with Gasteiger partial charge in [0.25, 0.3) is 0 Å². The molecule has 0 aliphatic carbocycles. The van der Waals surface area contributed by atoms with Crippen LogP contribution in [-0.4, -0.2) is 22.3 Å². The maximum Gasteiger partial charge on any atom is 0.412 e. The van der Waals surface area contributed by atoms with Gasteiger partial charge in [0, 0.05) is 11.1 Å². The SMILES string of the molecule is Cc1noc(-c2ccc(Oc3cccc(CC(=O)O)c3)cc2)c1NC(=O)OC(C)c1ccccc1F. The minimum Gasteiger partial charge on any atom is -0.481 e. The van der Waals surface area contributed by atoms with Crippen molar-refractivity contribution in [2.45, 2.75) is 26.4 Å². The van der Waals surface area contributed by atoms with Gasteiger partial charge in [-0.25, -0.2) is 9.18 Å². The predicted molar refractivity (Wildman–Crippen MR) is 129 cm³/mol. The van der Waals surface area contributed by atoms with Gasteiger partial charge in [0.2, 0.25) is 0 Å². The first-order valence-electron chi connectivity index (χ1n) is 11.1. The van der Waals surface area contributed by atoms with E-state index in [1.807, 2.05) is 0 Å². The van der Waals surface area contributed by atoms with Gasteiger partial charge in [0.15, 0.2) is 5.76 Å². The van der Waals surface area contributed by atoms with E-state index in [2.05, 4.69) is 10.5 Å². The first-order chi connectivity index (χ1) is 17.3. The molecule has 0 saturated carbocycles. The number of hydrogen-bond donors (Lipinski definition) is 2. The number of carboxylic acid groups (broad SMARTS) is 1. The highest BCUT2D eigenvalue weighted by Gasteiger charge is 2.21. The van der Waals surface area contributed by atoms with E-state index in [-0.39, 0.29) is 12.0 Å². The number of hydrogen-bond acceptors (Lipinski definition) is 6. The van der Waals surface area contributed by atoms with Crippen LogP contribution in [-0.2, 0) is 16.0 Å². The Labute approximate surface area is 206 Å². The Morgan fingerprint density at radius 1 is 1.06 bits per heavy atom. The number of carbonyl (C=O) groups excluding carboxylic acids is 1. The second-order valence-corrected chi connectivity index (χ2v) is 8.01. The summed E-state index contributed by atoms with van der Waals surface area (Å²) in [5.74, 6) is -0.0384. The largest absolute Gasteiger partial charge is 0.481 e. The molecule has 2 N–H and O–H groups in total. The molecular weight excluding hydrogens is 467 g/mol. The molecule has 9 heteroatoms. The molecule has 36 heavy (non-hydrogen) atoms. The summed E-state index contributed by atoms with van der Waals surface area (Å²) in [5, 5.41) is 15.5. The summed E-state index contributed by atoms with van der Waals surface area (Å²) in [5.41, 5.74) is 2.28. The van der Waals surface area contributed by atoms with Crippen molar-refractivity contribution >= 4 is 17.7 Å². The second kappa shape index (κ2) is 10.7. The molecule has 1 unspecified atom stereocenters. The molecule has 0 fully saturated rings. The summed E-state index contributed by atoms with van der Waals surface area (Å²) in [6.45, 7) is 3.25. The van der Waals surface area contributed by atoms with Crippen LogP contribution in [0.1, 0.15) is 29.8 Å². The first kappa shape index (κ1) is 24.5. The summed E-state index contributed by atoms with van der Waals surface area (Å²) in [7, 11) is 0. The fourth-order valence-corrected chi connectivity index (χ4v) is 3.58. The topological polar surface area (TPSA) is 111 Å². The van der Waals surface area contributed by atoms with Crippen LogP contribution < -0.4 is 10.1 Å². The van der Waals surface area contributed by atoms with Crippen LogP contribution >= 0.6 is 0 Å². The average molecular weight is 490 g/mol. The number of amides is 1. The number of ether oxygens (including phenoxy) is 2. The Bertz CT molecular complexity index is 1380. The quantitative estimate of drug-likeness (QED) is 0.289. The molecule has 0 saturated heterocycles. The van der Waals surface area contributed by atoms with E-state index in [0.29, 0.717) is 39.8 Å². The lowest BCUT2D eigenvalue weighted by Gasteiger charge is -2.15. The van der Waals surface area contributed by atoms with Crippen molar-refractivity contribution in [3.8, 4) is 22.8 Å². The average Bonchev–Trinajstić information content (AvgIpc) is 3.19. The number of nitrogens with zero attached hydrogens (tertiary/aromatic N) is 1. The highest BCUT2D eigenvalue weighted by Crippen LogP contribution is 2.33. The van der Waals surface area contributed by atoms with Gasteiger partial charge in [0.1, 0.15) is 34.8 Å². The number of benzene rings is 3. The zero-order chi connectivity index (χ0) is 25.7. The Morgan fingerprint density at radius 3 is 2.53 bits per heavy atom. The molecule has 0 spiro atoms. The van der Waals surface area contributed by atoms with Crippen molar-refractivity contribution < 1.29 is 33.1 Å². The molecule has 0 aliphatic heterocycles. The normalized spacial score (nSPS) is 11.5. The fraction of sp³-hybridized carbons (Fsp3) is 0.148. The standard InChI is InChI=1S/C27H23FN2O6/c1-16-25(29-27(33)34-17(2)22-8-3-4-9-23(22)28)26(36-30-16)19-10-12-20(13-11-19)35-21-7-5-6-18(14-21)15-24(31)32/h3-14,17H,15H2,1-2H3,(H,29,33)(H,31,32). The molecule has 0 aliphatic rings. The van der Waals surface area contributed by atoms with Crippen LogP contribution in [0.2, 0.25) is 0 Å². The predicted octanol–water partition coefficient (Wildman–Crippen LogP) is 6.52. The van der Waals surface area contributed by atoms with Crippen LogP contribution in [0.3, 0.4) is 0 Å². The van der Waals surface area contributed by atoms with Crippen LogP contribution in [0.25, 0.3) is 11.3 Å². The van der Waals surface area contributed by atoms with E-state index in [4.69, 9.17) is 19.1 Å². The molecule has 0 bridgehead atoms. The third-order valence-corrected chi connectivity index (χ3v) is 5.32. The van der Waals surface area contributed by atoms with Gasteiger partial charge in [-0.1, -0.05) is 35.5 Å². The molecular formula is C27H23FN2O6. The fourth-order valence-electron chi connectivity index (χ4n) is 3.58. The van der Waals surface area contributed by atoms with Crippen LogP contribution in [0.15, 0.2) is 77.3 Å². The molecule has 184 valence electrons. The zero-order valence-corrected chi connectivity index (χ0v) is 19.5. The lowest BCUT2D eigenvalue weighted by Crippen LogP contribution is -2.17. The van der Waals surface area contributed by atoms with Crippen molar-refractivity contribution in [3.63, 3.8) is 0 Å². The minimum atomic E-state index is -0.922. The lowest BCUT2D eigenvalue weighted by atomic mass is 10.1. The number of nitrogens with one attached hydrogen (secondary N) is 1. The number of carboxylic acids is 1. The Balaban J connectivity index is 1.45. The van der Waals surface area contributed by atoms with E-state index in [1.54, 1.807) is 80.6 Å². The molecule has 1 aromatic heterocycles. The Hall–Kier alpha value is -4.66. The number of rotatable bonds is 8. The van der Waals surface area contributed by atoms with Gasteiger partial charge in [-0.2, -0.15) is 0 Å².